The zero-order valence-corrected chi connectivity index (χ0v) is 13.1. The van der Waals surface area contributed by atoms with Crippen LogP contribution in [-0.4, -0.2) is 41.4 Å². The minimum absolute atomic E-state index is 0.230. The topological polar surface area (TPSA) is 102 Å². The van der Waals surface area contributed by atoms with E-state index in [1.807, 2.05) is 0 Å². The number of aliphatic carboxylic acids is 1. The first-order chi connectivity index (χ1) is 9.65. The molecule has 0 aliphatic rings. The highest BCUT2D eigenvalue weighted by molar-refractivity contribution is 5.79. The summed E-state index contributed by atoms with van der Waals surface area (Å²) in [6.45, 7) is 7.14. The van der Waals surface area contributed by atoms with Crippen LogP contribution in [0.5, 0.6) is 0 Å². The SMILES string of the molecule is CCOC(=O)CCCC[C@H](NC(=O)OC(C)(C)C)C(=O)O. The highest BCUT2D eigenvalue weighted by atomic mass is 16.6. The van der Waals surface area contributed by atoms with Crippen LogP contribution < -0.4 is 5.32 Å². The molecule has 0 aromatic rings. The zero-order valence-electron chi connectivity index (χ0n) is 13.1. The standard InChI is InChI=1S/C14H25NO6/c1-5-20-11(16)9-7-6-8-10(12(17)18)15-13(19)21-14(2,3)4/h10H,5-9H2,1-4H3,(H,15,19)(H,17,18)/t10-/m0/s1. The maximum Gasteiger partial charge on any atom is 0.408 e. The van der Waals surface area contributed by atoms with Crippen molar-refractivity contribution in [2.45, 2.75) is 65.0 Å². The Balaban J connectivity index is 4.12. The number of carboxylic acid groups (broad SMARTS) is 1. The number of hydrogen-bond acceptors (Lipinski definition) is 5. The summed E-state index contributed by atoms with van der Waals surface area (Å²) in [4.78, 5) is 33.7. The molecule has 0 spiro atoms. The number of carbonyl (C=O) groups is 3. The van der Waals surface area contributed by atoms with Gasteiger partial charge in [-0.25, -0.2) is 9.59 Å². The molecule has 0 rings (SSSR count). The lowest BCUT2D eigenvalue weighted by Gasteiger charge is -2.22. The molecule has 0 saturated carbocycles. The van der Waals surface area contributed by atoms with Crippen molar-refractivity contribution in [1.82, 2.24) is 5.32 Å². The van der Waals surface area contributed by atoms with Gasteiger partial charge < -0.3 is 19.9 Å². The molecule has 1 amide bonds. The number of carboxylic acids is 1. The quantitative estimate of drug-likeness (QED) is 0.526. The number of hydrogen-bond donors (Lipinski definition) is 2. The molecule has 21 heavy (non-hydrogen) atoms. The van der Waals surface area contributed by atoms with Gasteiger partial charge >= 0.3 is 18.0 Å². The molecule has 0 aromatic carbocycles. The molecule has 0 fully saturated rings. The largest absolute Gasteiger partial charge is 0.480 e. The van der Waals surface area contributed by atoms with Crippen LogP contribution in [0.25, 0.3) is 0 Å². The van der Waals surface area contributed by atoms with Gasteiger partial charge in [0.05, 0.1) is 6.61 Å². The van der Waals surface area contributed by atoms with Gasteiger partial charge in [0.25, 0.3) is 0 Å². The third-order valence-corrected chi connectivity index (χ3v) is 2.42. The van der Waals surface area contributed by atoms with E-state index >= 15 is 0 Å². The Labute approximate surface area is 125 Å². The van der Waals surface area contributed by atoms with Gasteiger partial charge in [-0.1, -0.05) is 6.42 Å². The molecule has 0 saturated heterocycles. The van der Waals surface area contributed by atoms with Crippen LogP contribution >= 0.6 is 0 Å². The highest BCUT2D eigenvalue weighted by Crippen LogP contribution is 2.09. The number of unbranched alkanes of at least 4 members (excludes halogenated alkanes) is 1. The number of ether oxygens (including phenoxy) is 2. The normalized spacial score (nSPS) is 12.4. The molecule has 0 aliphatic heterocycles. The predicted molar refractivity (Wildman–Crippen MR) is 75.9 cm³/mol. The van der Waals surface area contributed by atoms with Crippen LogP contribution in [0.1, 0.15) is 53.4 Å². The summed E-state index contributed by atoms with van der Waals surface area (Å²) < 4.78 is 9.78. The minimum atomic E-state index is -1.13. The van der Waals surface area contributed by atoms with Gasteiger partial charge in [-0.2, -0.15) is 0 Å². The number of alkyl carbamates (subject to hydrolysis) is 1. The predicted octanol–water partition coefficient (Wildman–Crippen LogP) is 2.09. The van der Waals surface area contributed by atoms with Gasteiger partial charge in [0.1, 0.15) is 11.6 Å². The van der Waals surface area contributed by atoms with E-state index in [-0.39, 0.29) is 18.8 Å². The van der Waals surface area contributed by atoms with Crippen LogP contribution in [0.3, 0.4) is 0 Å². The first-order valence-corrected chi connectivity index (χ1v) is 7.03. The van der Waals surface area contributed by atoms with E-state index in [2.05, 4.69) is 5.32 Å². The van der Waals surface area contributed by atoms with E-state index < -0.39 is 23.7 Å². The number of esters is 1. The van der Waals surface area contributed by atoms with Crippen molar-refractivity contribution >= 4 is 18.0 Å². The van der Waals surface area contributed by atoms with Gasteiger partial charge in [0.15, 0.2) is 0 Å². The van der Waals surface area contributed by atoms with Crippen LogP contribution in [0, 0.1) is 0 Å². The second kappa shape index (κ2) is 9.20. The molecule has 0 unspecified atom stereocenters. The molecule has 0 aromatic heterocycles. The summed E-state index contributed by atoms with van der Waals surface area (Å²) in [5.41, 5.74) is -0.683. The van der Waals surface area contributed by atoms with Gasteiger partial charge in [0, 0.05) is 6.42 Å². The molecular weight excluding hydrogens is 278 g/mol. The number of nitrogens with one attached hydrogen (secondary N) is 1. The van der Waals surface area contributed by atoms with Crippen molar-refractivity contribution < 1.29 is 29.0 Å². The Morgan fingerprint density at radius 1 is 1.19 bits per heavy atom. The van der Waals surface area contributed by atoms with Crippen molar-refractivity contribution in [3.63, 3.8) is 0 Å². The van der Waals surface area contributed by atoms with Crippen molar-refractivity contribution in [1.29, 1.82) is 0 Å². The van der Waals surface area contributed by atoms with E-state index in [0.29, 0.717) is 19.4 Å². The Morgan fingerprint density at radius 2 is 1.81 bits per heavy atom. The fraction of sp³-hybridized carbons (Fsp3) is 0.786. The first-order valence-electron chi connectivity index (χ1n) is 7.03. The molecule has 7 nitrogen and oxygen atoms in total. The number of rotatable bonds is 8. The van der Waals surface area contributed by atoms with Crippen LogP contribution in [0.2, 0.25) is 0 Å². The molecule has 0 bridgehead atoms. The smallest absolute Gasteiger partial charge is 0.408 e. The molecule has 0 heterocycles. The Morgan fingerprint density at radius 3 is 2.29 bits per heavy atom. The summed E-state index contributed by atoms with van der Waals surface area (Å²) in [5, 5.41) is 11.4. The molecule has 0 aliphatic carbocycles. The summed E-state index contributed by atoms with van der Waals surface area (Å²) in [7, 11) is 0. The van der Waals surface area contributed by atoms with E-state index in [4.69, 9.17) is 14.6 Å². The van der Waals surface area contributed by atoms with Crippen LogP contribution in [-0.2, 0) is 19.1 Å². The molecule has 2 N–H and O–H groups in total. The Bertz CT molecular complexity index is 361. The van der Waals surface area contributed by atoms with Crippen molar-refractivity contribution in [3.05, 3.63) is 0 Å². The Kier molecular flexibility index (Phi) is 8.42. The molecular formula is C14H25NO6. The summed E-state index contributed by atoms with van der Waals surface area (Å²) >= 11 is 0. The third-order valence-electron chi connectivity index (χ3n) is 2.42. The third kappa shape index (κ3) is 10.6. The van der Waals surface area contributed by atoms with Crippen LogP contribution in [0.15, 0.2) is 0 Å². The summed E-state index contributed by atoms with van der Waals surface area (Å²) in [6.07, 6.45) is 0.713. The number of carbonyl (C=O) groups excluding carboxylic acids is 2. The van der Waals surface area contributed by atoms with Gasteiger partial charge in [-0.05, 0) is 40.5 Å². The summed E-state index contributed by atoms with van der Waals surface area (Å²) in [6, 6.07) is -1.03. The Hall–Kier alpha value is -1.79. The molecule has 0 radical (unpaired) electrons. The second-order valence-corrected chi connectivity index (χ2v) is 5.59. The summed E-state index contributed by atoms with van der Waals surface area (Å²) in [5.74, 6) is -1.43. The van der Waals surface area contributed by atoms with E-state index in [0.717, 1.165) is 0 Å². The molecule has 1 atom stereocenters. The molecule has 122 valence electrons. The molecule has 7 heteroatoms. The lowest BCUT2D eigenvalue weighted by atomic mass is 10.1. The average molecular weight is 303 g/mol. The fourth-order valence-corrected chi connectivity index (χ4v) is 1.56. The second-order valence-electron chi connectivity index (χ2n) is 5.59. The van der Waals surface area contributed by atoms with Gasteiger partial charge in [-0.3, -0.25) is 4.79 Å². The minimum Gasteiger partial charge on any atom is -0.480 e. The lowest BCUT2D eigenvalue weighted by molar-refractivity contribution is -0.143. The first kappa shape index (κ1) is 19.2. The van der Waals surface area contributed by atoms with E-state index in [9.17, 15) is 14.4 Å². The van der Waals surface area contributed by atoms with Crippen LogP contribution in [0.4, 0.5) is 4.79 Å². The highest BCUT2D eigenvalue weighted by Gasteiger charge is 2.23. The fourth-order valence-electron chi connectivity index (χ4n) is 1.56. The van der Waals surface area contributed by atoms with Crippen molar-refractivity contribution in [2.75, 3.05) is 6.61 Å². The monoisotopic (exact) mass is 303 g/mol. The van der Waals surface area contributed by atoms with Crippen molar-refractivity contribution in [3.8, 4) is 0 Å². The maximum absolute atomic E-state index is 11.5. The average Bonchev–Trinajstić information content (AvgIpc) is 2.30. The lowest BCUT2D eigenvalue weighted by Crippen LogP contribution is -2.43. The number of amides is 1. The maximum atomic E-state index is 11.5. The zero-order chi connectivity index (χ0) is 16.5. The van der Waals surface area contributed by atoms with Crippen molar-refractivity contribution in [2.24, 2.45) is 0 Å². The van der Waals surface area contributed by atoms with E-state index in [1.165, 1.54) is 0 Å². The van der Waals surface area contributed by atoms with Gasteiger partial charge in [0.2, 0.25) is 0 Å². The van der Waals surface area contributed by atoms with E-state index in [1.54, 1.807) is 27.7 Å². The van der Waals surface area contributed by atoms with Gasteiger partial charge in [-0.15, -0.1) is 0 Å².